The predicted molar refractivity (Wildman–Crippen MR) is 100 cm³/mol. The molecule has 1 N–H and O–H groups in total. The van der Waals surface area contributed by atoms with Crippen molar-refractivity contribution in [3.8, 4) is 5.75 Å². The van der Waals surface area contributed by atoms with Gasteiger partial charge < -0.3 is 14.5 Å². The summed E-state index contributed by atoms with van der Waals surface area (Å²) in [6, 6.07) is 6.26. The number of nitrogens with one attached hydrogen (secondary N) is 1. The first-order valence-corrected chi connectivity index (χ1v) is 8.64. The van der Waals surface area contributed by atoms with E-state index < -0.39 is 0 Å². The molecule has 6 nitrogen and oxygen atoms in total. The van der Waals surface area contributed by atoms with Crippen LogP contribution in [0.15, 0.2) is 34.9 Å². The lowest BCUT2D eigenvalue weighted by atomic mass is 10.3. The first-order valence-electron chi connectivity index (χ1n) is 7.51. The second kappa shape index (κ2) is 7.61. The Balaban J connectivity index is 1.66. The first-order chi connectivity index (χ1) is 12.3. The van der Waals surface area contributed by atoms with E-state index in [0.717, 1.165) is 0 Å². The largest absolute Gasteiger partial charge is 0.483 e. The van der Waals surface area contributed by atoms with Gasteiger partial charge in [-0.05, 0) is 31.2 Å². The highest BCUT2D eigenvalue weighted by Crippen LogP contribution is 2.36. The third-order valence-electron chi connectivity index (χ3n) is 3.47. The summed E-state index contributed by atoms with van der Waals surface area (Å²) in [4.78, 5) is 12.3. The third-order valence-corrected chi connectivity index (χ3v) is 4.25. The average molecular weight is 415 g/mol. The number of ether oxygens (including phenoxy) is 1. The van der Waals surface area contributed by atoms with Gasteiger partial charge in [0.05, 0.1) is 21.4 Å². The second-order valence-electron chi connectivity index (χ2n) is 5.51. The van der Waals surface area contributed by atoms with Crippen molar-refractivity contribution >= 4 is 46.4 Å². The molecule has 0 spiro atoms. The summed E-state index contributed by atoms with van der Waals surface area (Å²) in [6.45, 7) is 1.86. The number of hydrogen-bond acceptors (Lipinski definition) is 4. The Bertz CT molecular complexity index is 942. The van der Waals surface area contributed by atoms with E-state index >= 15 is 0 Å². The van der Waals surface area contributed by atoms with E-state index in [0.29, 0.717) is 38.0 Å². The number of carbonyl (C=O) groups excluding carboxylic acids is 1. The number of carbonyl (C=O) groups is 1. The Hall–Kier alpha value is -2.15. The molecular weight excluding hydrogens is 401 g/mol. The van der Waals surface area contributed by atoms with E-state index in [1.165, 1.54) is 12.1 Å². The molecule has 3 rings (SSSR count). The smallest absolute Gasteiger partial charge is 0.291 e. The van der Waals surface area contributed by atoms with Crippen LogP contribution in [0.25, 0.3) is 0 Å². The first kappa shape index (κ1) is 18.6. The predicted octanol–water partition coefficient (Wildman–Crippen LogP) is 5.11. The van der Waals surface area contributed by atoms with Crippen molar-refractivity contribution in [1.82, 2.24) is 9.78 Å². The molecule has 0 aliphatic rings. The van der Waals surface area contributed by atoms with E-state index in [4.69, 9.17) is 44.0 Å². The molecule has 0 fully saturated rings. The molecule has 0 atom stereocenters. The van der Waals surface area contributed by atoms with Crippen LogP contribution in [0.3, 0.4) is 0 Å². The highest BCUT2D eigenvalue weighted by Gasteiger charge is 2.15. The fourth-order valence-electron chi connectivity index (χ4n) is 2.29. The standard InChI is InChI=1S/C17H14Cl3N3O3/c1-9-14(7-23(2)22-9)21-17(24)15-4-3-11(26-15)8-25-16-12(19)5-10(18)6-13(16)20/h3-7H,8H2,1-2H3,(H,21,24). The number of aromatic nitrogens is 2. The van der Waals surface area contributed by atoms with Gasteiger partial charge in [-0.15, -0.1) is 0 Å². The summed E-state index contributed by atoms with van der Waals surface area (Å²) in [5.74, 6) is 0.515. The summed E-state index contributed by atoms with van der Waals surface area (Å²) in [5.41, 5.74) is 1.33. The lowest BCUT2D eigenvalue weighted by molar-refractivity contribution is 0.0992. The topological polar surface area (TPSA) is 69.3 Å². The van der Waals surface area contributed by atoms with Gasteiger partial charge in [-0.25, -0.2) is 0 Å². The van der Waals surface area contributed by atoms with Crippen LogP contribution in [0, 0.1) is 6.92 Å². The summed E-state index contributed by atoms with van der Waals surface area (Å²) >= 11 is 18.0. The number of nitrogens with zero attached hydrogens (tertiary/aromatic N) is 2. The van der Waals surface area contributed by atoms with Gasteiger partial charge in [-0.1, -0.05) is 34.8 Å². The van der Waals surface area contributed by atoms with E-state index in [9.17, 15) is 4.79 Å². The van der Waals surface area contributed by atoms with Crippen molar-refractivity contribution in [3.05, 3.63) is 62.7 Å². The number of halogens is 3. The molecule has 0 aliphatic heterocycles. The number of hydrogen-bond donors (Lipinski definition) is 1. The van der Waals surface area contributed by atoms with Crippen LogP contribution in [0.2, 0.25) is 15.1 Å². The van der Waals surface area contributed by atoms with Gasteiger partial charge in [-0.2, -0.15) is 5.10 Å². The molecule has 2 aromatic heterocycles. The molecule has 0 bridgehead atoms. The molecule has 0 saturated carbocycles. The molecule has 0 unspecified atom stereocenters. The van der Waals surface area contributed by atoms with Crippen molar-refractivity contribution in [2.45, 2.75) is 13.5 Å². The van der Waals surface area contributed by atoms with Crippen LogP contribution >= 0.6 is 34.8 Å². The van der Waals surface area contributed by atoms with Crippen molar-refractivity contribution in [1.29, 1.82) is 0 Å². The van der Waals surface area contributed by atoms with Gasteiger partial charge in [0.1, 0.15) is 12.4 Å². The van der Waals surface area contributed by atoms with E-state index in [2.05, 4.69) is 10.4 Å². The zero-order chi connectivity index (χ0) is 18.8. The highest BCUT2D eigenvalue weighted by molar-refractivity contribution is 6.40. The Morgan fingerprint density at radius 3 is 2.58 bits per heavy atom. The molecule has 1 aromatic carbocycles. The Labute approximate surface area is 164 Å². The Kier molecular flexibility index (Phi) is 5.46. The van der Waals surface area contributed by atoms with Crippen molar-refractivity contribution < 1.29 is 13.9 Å². The summed E-state index contributed by atoms with van der Waals surface area (Å²) in [6.07, 6.45) is 1.71. The fourth-order valence-corrected chi connectivity index (χ4v) is 3.22. The van der Waals surface area contributed by atoms with Crippen LogP contribution in [-0.4, -0.2) is 15.7 Å². The minimum Gasteiger partial charge on any atom is -0.483 e. The van der Waals surface area contributed by atoms with Crippen LogP contribution in [0.1, 0.15) is 22.0 Å². The van der Waals surface area contributed by atoms with E-state index in [1.807, 2.05) is 0 Å². The zero-order valence-electron chi connectivity index (χ0n) is 13.8. The van der Waals surface area contributed by atoms with E-state index in [1.54, 1.807) is 37.0 Å². The average Bonchev–Trinajstić information content (AvgIpc) is 3.13. The van der Waals surface area contributed by atoms with Gasteiger partial charge in [0, 0.05) is 18.3 Å². The zero-order valence-corrected chi connectivity index (χ0v) is 16.1. The van der Waals surface area contributed by atoms with E-state index in [-0.39, 0.29) is 18.3 Å². The van der Waals surface area contributed by atoms with Gasteiger partial charge in [-0.3, -0.25) is 9.48 Å². The lowest BCUT2D eigenvalue weighted by Crippen LogP contribution is -2.11. The molecule has 136 valence electrons. The minimum atomic E-state index is -0.380. The SMILES string of the molecule is Cc1nn(C)cc1NC(=O)c1ccc(COc2c(Cl)cc(Cl)cc2Cl)o1. The van der Waals surface area contributed by atoms with Crippen molar-refractivity contribution in [2.75, 3.05) is 5.32 Å². The summed E-state index contributed by atoms with van der Waals surface area (Å²) in [5, 5.41) is 7.90. The van der Waals surface area contributed by atoms with Crippen molar-refractivity contribution in [3.63, 3.8) is 0 Å². The molecule has 9 heteroatoms. The number of anilines is 1. The van der Waals surface area contributed by atoms with Crippen LogP contribution in [0.4, 0.5) is 5.69 Å². The quantitative estimate of drug-likeness (QED) is 0.629. The molecule has 1 amide bonds. The van der Waals surface area contributed by atoms with Crippen molar-refractivity contribution in [2.24, 2.45) is 7.05 Å². The van der Waals surface area contributed by atoms with Crippen LogP contribution < -0.4 is 10.1 Å². The minimum absolute atomic E-state index is 0.0558. The highest BCUT2D eigenvalue weighted by atomic mass is 35.5. The number of furan rings is 1. The number of aryl methyl sites for hydroxylation is 2. The Morgan fingerprint density at radius 2 is 1.96 bits per heavy atom. The third kappa shape index (κ3) is 4.15. The maximum absolute atomic E-state index is 12.3. The van der Waals surface area contributed by atoms with Crippen LogP contribution in [-0.2, 0) is 13.7 Å². The summed E-state index contributed by atoms with van der Waals surface area (Å²) < 4.78 is 12.7. The van der Waals surface area contributed by atoms with Gasteiger partial charge in [0.15, 0.2) is 11.5 Å². The maximum Gasteiger partial charge on any atom is 0.291 e. The molecular formula is C17H14Cl3N3O3. The molecule has 0 radical (unpaired) electrons. The molecule has 0 aliphatic carbocycles. The Morgan fingerprint density at radius 1 is 1.27 bits per heavy atom. The molecule has 2 heterocycles. The normalized spacial score (nSPS) is 10.8. The van der Waals surface area contributed by atoms with Gasteiger partial charge in [0.2, 0.25) is 0 Å². The second-order valence-corrected chi connectivity index (χ2v) is 6.76. The van der Waals surface area contributed by atoms with Gasteiger partial charge in [0.25, 0.3) is 5.91 Å². The number of rotatable bonds is 5. The lowest BCUT2D eigenvalue weighted by Gasteiger charge is -2.09. The maximum atomic E-state index is 12.3. The molecule has 26 heavy (non-hydrogen) atoms. The monoisotopic (exact) mass is 413 g/mol. The number of benzene rings is 1. The molecule has 3 aromatic rings. The fraction of sp³-hybridized carbons (Fsp3) is 0.176. The summed E-state index contributed by atoms with van der Waals surface area (Å²) in [7, 11) is 1.78. The van der Waals surface area contributed by atoms with Crippen LogP contribution in [0.5, 0.6) is 5.75 Å². The van der Waals surface area contributed by atoms with Gasteiger partial charge >= 0.3 is 0 Å². The number of amides is 1. The molecule has 0 saturated heterocycles.